The summed E-state index contributed by atoms with van der Waals surface area (Å²) in [5.74, 6) is -2.28. The Morgan fingerprint density at radius 2 is 2.05 bits per heavy atom. The lowest BCUT2D eigenvalue weighted by atomic mass is 10.3. The molecule has 8 heteroatoms. The van der Waals surface area contributed by atoms with Crippen LogP contribution in [0.4, 0.5) is 8.78 Å². The quantitative estimate of drug-likeness (QED) is 0.927. The first-order valence-electron chi connectivity index (χ1n) is 5.30. The van der Waals surface area contributed by atoms with Gasteiger partial charge in [-0.15, -0.1) is 0 Å². The summed E-state index contributed by atoms with van der Waals surface area (Å²) in [6.07, 6.45) is 3.04. The van der Waals surface area contributed by atoms with Gasteiger partial charge in [0.15, 0.2) is 11.6 Å². The summed E-state index contributed by atoms with van der Waals surface area (Å²) in [5.41, 5.74) is 0.661. The van der Waals surface area contributed by atoms with E-state index in [2.05, 4.69) is 10.2 Å². The highest BCUT2D eigenvalue weighted by Crippen LogP contribution is 2.18. The van der Waals surface area contributed by atoms with Crippen LogP contribution in [0.15, 0.2) is 35.5 Å². The van der Waals surface area contributed by atoms with Crippen molar-refractivity contribution in [2.24, 2.45) is 0 Å². The van der Waals surface area contributed by atoms with E-state index in [4.69, 9.17) is 0 Å². The van der Waals surface area contributed by atoms with Gasteiger partial charge in [0.2, 0.25) is 10.0 Å². The number of hydrogen-bond acceptors (Lipinski definition) is 3. The van der Waals surface area contributed by atoms with Crippen molar-refractivity contribution in [3.05, 3.63) is 47.8 Å². The number of hydrogen-bond donors (Lipinski definition) is 1. The Bertz CT molecular complexity index is 671. The molecule has 1 N–H and O–H groups in total. The number of sulfonamides is 1. The first kappa shape index (κ1) is 13.6. The van der Waals surface area contributed by atoms with Crippen molar-refractivity contribution >= 4 is 10.0 Å². The van der Waals surface area contributed by atoms with E-state index < -0.39 is 21.7 Å². The molecule has 0 spiro atoms. The van der Waals surface area contributed by atoms with E-state index in [-0.39, 0.29) is 11.4 Å². The molecule has 1 aromatic carbocycles. The molecular weight excluding hydrogens is 276 g/mol. The number of halogens is 2. The third-order valence-corrected chi connectivity index (χ3v) is 4.36. The van der Waals surface area contributed by atoms with Gasteiger partial charge in [0.1, 0.15) is 0 Å². The average molecular weight is 287 g/mol. The fourth-order valence-corrected chi connectivity index (χ4v) is 2.69. The Balaban J connectivity index is 2.28. The molecule has 0 aliphatic carbocycles. The van der Waals surface area contributed by atoms with Gasteiger partial charge in [0.25, 0.3) is 0 Å². The molecule has 0 aliphatic heterocycles. The minimum Gasteiger partial charge on any atom is -0.285 e. The monoisotopic (exact) mass is 287 g/mol. The predicted octanol–water partition coefficient (Wildman–Crippen LogP) is 1.51. The van der Waals surface area contributed by atoms with Gasteiger partial charge in [-0.25, -0.2) is 17.2 Å². The van der Waals surface area contributed by atoms with E-state index in [9.17, 15) is 17.2 Å². The highest BCUT2D eigenvalue weighted by atomic mass is 32.2. The second-order valence-electron chi connectivity index (χ2n) is 3.94. The lowest BCUT2D eigenvalue weighted by molar-refractivity contribution is 0.463. The van der Waals surface area contributed by atoms with Crippen LogP contribution in [-0.2, 0) is 16.6 Å². The van der Waals surface area contributed by atoms with Gasteiger partial charge in [0.05, 0.1) is 11.1 Å². The Morgan fingerprint density at radius 3 is 2.63 bits per heavy atom. The molecule has 5 nitrogen and oxygen atoms in total. The van der Waals surface area contributed by atoms with E-state index in [1.807, 2.05) is 0 Å². The number of H-pyrrole nitrogens is 1. The van der Waals surface area contributed by atoms with Gasteiger partial charge < -0.3 is 0 Å². The molecule has 1 heterocycles. The largest absolute Gasteiger partial charge is 0.285 e. The summed E-state index contributed by atoms with van der Waals surface area (Å²) < 4.78 is 51.2. The SMILES string of the molecule is CN(Cc1cn[nH]c1)S(=O)(=O)c1ccc(F)c(F)c1. The third-order valence-electron chi connectivity index (χ3n) is 2.56. The average Bonchev–Trinajstić information content (AvgIpc) is 2.85. The van der Waals surface area contributed by atoms with Gasteiger partial charge in [-0.1, -0.05) is 0 Å². The molecule has 0 bridgehead atoms. The van der Waals surface area contributed by atoms with Gasteiger partial charge in [-0.2, -0.15) is 9.40 Å². The molecule has 0 radical (unpaired) electrons. The van der Waals surface area contributed by atoms with Crippen LogP contribution in [0.25, 0.3) is 0 Å². The molecule has 19 heavy (non-hydrogen) atoms. The molecule has 102 valence electrons. The van der Waals surface area contributed by atoms with E-state index >= 15 is 0 Å². The molecule has 0 fully saturated rings. The molecule has 0 amide bonds. The summed E-state index contributed by atoms with van der Waals surface area (Å²) in [7, 11) is -2.52. The van der Waals surface area contributed by atoms with Crippen molar-refractivity contribution < 1.29 is 17.2 Å². The number of nitrogens with zero attached hydrogens (tertiary/aromatic N) is 2. The van der Waals surface area contributed by atoms with Crippen LogP contribution in [0.1, 0.15) is 5.56 Å². The van der Waals surface area contributed by atoms with Crippen LogP contribution in [0.3, 0.4) is 0 Å². The number of aromatic nitrogens is 2. The molecule has 2 rings (SSSR count). The molecule has 0 aliphatic rings. The van der Waals surface area contributed by atoms with Crippen LogP contribution in [0.2, 0.25) is 0 Å². The fraction of sp³-hybridized carbons (Fsp3) is 0.182. The number of rotatable bonds is 4. The number of nitrogens with one attached hydrogen (secondary N) is 1. The van der Waals surface area contributed by atoms with Crippen LogP contribution in [-0.4, -0.2) is 30.0 Å². The van der Waals surface area contributed by atoms with Crippen molar-refractivity contribution in [1.82, 2.24) is 14.5 Å². The normalized spacial score (nSPS) is 12.0. The van der Waals surface area contributed by atoms with Crippen molar-refractivity contribution in [2.75, 3.05) is 7.05 Å². The molecule has 0 saturated carbocycles. The summed E-state index contributed by atoms with van der Waals surface area (Å²) in [5, 5.41) is 6.26. The second-order valence-corrected chi connectivity index (χ2v) is 5.99. The van der Waals surface area contributed by atoms with E-state index in [0.717, 1.165) is 16.4 Å². The molecule has 2 aromatic rings. The maximum absolute atomic E-state index is 13.1. The molecule has 0 saturated heterocycles. The fourth-order valence-electron chi connectivity index (χ4n) is 1.52. The Labute approximate surface area is 108 Å². The lowest BCUT2D eigenvalue weighted by Crippen LogP contribution is -2.26. The number of benzene rings is 1. The number of aromatic amines is 1. The predicted molar refractivity (Wildman–Crippen MR) is 63.6 cm³/mol. The third kappa shape index (κ3) is 2.79. The van der Waals surface area contributed by atoms with E-state index in [0.29, 0.717) is 11.6 Å². The smallest absolute Gasteiger partial charge is 0.243 e. The highest BCUT2D eigenvalue weighted by molar-refractivity contribution is 7.89. The first-order chi connectivity index (χ1) is 8.91. The van der Waals surface area contributed by atoms with Crippen LogP contribution in [0.5, 0.6) is 0 Å². The van der Waals surface area contributed by atoms with Crippen LogP contribution >= 0.6 is 0 Å². The van der Waals surface area contributed by atoms with Crippen molar-refractivity contribution in [2.45, 2.75) is 11.4 Å². The van der Waals surface area contributed by atoms with E-state index in [1.54, 1.807) is 6.20 Å². The topological polar surface area (TPSA) is 66.1 Å². The zero-order chi connectivity index (χ0) is 14.0. The van der Waals surface area contributed by atoms with Gasteiger partial charge in [0, 0.05) is 25.4 Å². The van der Waals surface area contributed by atoms with Crippen LogP contribution < -0.4 is 0 Å². The Morgan fingerprint density at radius 1 is 1.32 bits per heavy atom. The zero-order valence-electron chi connectivity index (χ0n) is 9.97. The van der Waals surface area contributed by atoms with Crippen LogP contribution in [0, 0.1) is 11.6 Å². The van der Waals surface area contributed by atoms with Crippen molar-refractivity contribution in [3.63, 3.8) is 0 Å². The maximum atomic E-state index is 13.1. The maximum Gasteiger partial charge on any atom is 0.243 e. The van der Waals surface area contributed by atoms with Gasteiger partial charge in [-0.05, 0) is 18.2 Å². The zero-order valence-corrected chi connectivity index (χ0v) is 10.8. The second kappa shape index (κ2) is 5.06. The summed E-state index contributed by atoms with van der Waals surface area (Å²) in [6.45, 7) is 0.0812. The van der Waals surface area contributed by atoms with Crippen molar-refractivity contribution in [1.29, 1.82) is 0 Å². The standard InChI is InChI=1S/C11H11F2N3O2S/c1-16(7-8-5-14-15-6-8)19(17,18)9-2-3-10(12)11(13)4-9/h2-6H,7H2,1H3,(H,14,15). The first-order valence-corrected chi connectivity index (χ1v) is 6.74. The summed E-state index contributed by atoms with van der Waals surface area (Å²) in [4.78, 5) is -0.294. The van der Waals surface area contributed by atoms with Gasteiger partial charge in [-0.3, -0.25) is 5.10 Å². The molecule has 0 atom stereocenters. The Kier molecular flexibility index (Phi) is 3.63. The van der Waals surface area contributed by atoms with Gasteiger partial charge >= 0.3 is 0 Å². The van der Waals surface area contributed by atoms with Crippen molar-refractivity contribution in [3.8, 4) is 0 Å². The summed E-state index contributed by atoms with van der Waals surface area (Å²) >= 11 is 0. The minimum atomic E-state index is -3.87. The lowest BCUT2D eigenvalue weighted by Gasteiger charge is -2.16. The highest BCUT2D eigenvalue weighted by Gasteiger charge is 2.22. The molecule has 1 aromatic heterocycles. The minimum absolute atomic E-state index is 0.0812. The Hall–Kier alpha value is -1.80. The molecular formula is C11H11F2N3O2S. The van der Waals surface area contributed by atoms with E-state index in [1.165, 1.54) is 13.2 Å². The molecule has 0 unspecified atom stereocenters. The summed E-state index contributed by atoms with van der Waals surface area (Å²) in [6, 6.07) is 2.48.